The molecule has 0 saturated carbocycles. The second-order valence-electron chi connectivity index (χ2n) is 16.9. The van der Waals surface area contributed by atoms with Gasteiger partial charge in [-0.1, -0.05) is 132 Å². The first kappa shape index (κ1) is 46.4. The molecule has 0 aliphatic carbocycles. The second-order valence-corrected chi connectivity index (χ2v) is 16.9. The number of rotatable bonds is 13. The lowest BCUT2D eigenvalue weighted by Gasteiger charge is -2.31. The molecule has 2 saturated heterocycles. The first-order valence-corrected chi connectivity index (χ1v) is 21.3. The minimum Gasteiger partial charge on any atom is -0.461 e. The van der Waals surface area contributed by atoms with Gasteiger partial charge in [-0.05, 0) is 79.9 Å². The largest absolute Gasteiger partial charge is 0.461 e. The van der Waals surface area contributed by atoms with Crippen molar-refractivity contribution in [3.8, 4) is 0 Å². The summed E-state index contributed by atoms with van der Waals surface area (Å²) in [7, 11) is 0. The fourth-order valence-corrected chi connectivity index (χ4v) is 7.68. The van der Waals surface area contributed by atoms with Crippen LogP contribution in [0.2, 0.25) is 0 Å². The Balaban J connectivity index is 0.000000273. The molecule has 0 bridgehead atoms. The van der Waals surface area contributed by atoms with Crippen molar-refractivity contribution in [2.45, 2.75) is 111 Å². The Kier molecular flexibility index (Phi) is 19.7. The maximum absolute atomic E-state index is 12.9. The standard InChI is InChI=1S/C28H37NO5.C20H31NO3/c1-20(2)14-15-24-18-32-19-26(29-28(31)33-17-23-12-8-5-9-13-23)27(30)34-21(3)25(24)16-22-10-6-4-7-11-22;1-14(2)9-10-17-12-23-13-19(21)20(22)24-15(3)18(17)11-16-7-5-4-6-8-16/h4-13,20-21,24-26H,14-19H2,1-3H3,(H,29,31);4-8,14-15,17-19H,9-13,21H2,1-3H3/t21-,24-,25-,26-;15-,17-,18-,19-/m00/s1. The van der Waals surface area contributed by atoms with Crippen molar-refractivity contribution >= 4 is 18.0 Å². The van der Waals surface area contributed by atoms with E-state index in [1.54, 1.807) is 0 Å². The van der Waals surface area contributed by atoms with E-state index >= 15 is 0 Å². The summed E-state index contributed by atoms with van der Waals surface area (Å²) in [6, 6.07) is 28.5. The maximum Gasteiger partial charge on any atom is 0.408 e. The van der Waals surface area contributed by atoms with Gasteiger partial charge in [0.15, 0.2) is 6.04 Å². The molecule has 0 spiro atoms. The molecule has 10 nitrogen and oxygen atoms in total. The van der Waals surface area contributed by atoms with Crippen LogP contribution in [0.5, 0.6) is 0 Å². The quantitative estimate of drug-likeness (QED) is 0.129. The normalized spacial score (nSPS) is 25.6. The third-order valence-electron chi connectivity index (χ3n) is 11.2. The number of nitrogens with two attached hydrogens (primary N) is 1. The van der Waals surface area contributed by atoms with Crippen molar-refractivity contribution < 1.29 is 38.1 Å². The summed E-state index contributed by atoms with van der Waals surface area (Å²) in [6.07, 6.45) is 4.84. The van der Waals surface area contributed by atoms with E-state index in [-0.39, 0.29) is 55.8 Å². The van der Waals surface area contributed by atoms with Gasteiger partial charge in [-0.3, -0.25) is 4.79 Å². The fraction of sp³-hybridized carbons (Fsp3) is 0.562. The molecule has 2 heterocycles. The average molecular weight is 801 g/mol. The molecule has 1 amide bonds. The van der Waals surface area contributed by atoms with Crippen molar-refractivity contribution in [2.24, 2.45) is 41.2 Å². The van der Waals surface area contributed by atoms with Gasteiger partial charge in [0.1, 0.15) is 24.9 Å². The number of benzene rings is 3. The molecule has 10 heteroatoms. The number of carbonyl (C=O) groups is 3. The lowest BCUT2D eigenvalue weighted by atomic mass is 9.80. The average Bonchev–Trinajstić information content (AvgIpc) is 3.29. The van der Waals surface area contributed by atoms with Crippen LogP contribution >= 0.6 is 0 Å². The minimum absolute atomic E-state index is 0.0578. The molecular formula is C48H68N2O8. The highest BCUT2D eigenvalue weighted by molar-refractivity contribution is 5.81. The van der Waals surface area contributed by atoms with Crippen molar-refractivity contribution in [3.05, 3.63) is 108 Å². The van der Waals surface area contributed by atoms with E-state index < -0.39 is 24.1 Å². The van der Waals surface area contributed by atoms with Gasteiger partial charge < -0.3 is 34.7 Å². The minimum atomic E-state index is -0.910. The highest BCUT2D eigenvalue weighted by Crippen LogP contribution is 2.31. The van der Waals surface area contributed by atoms with Crippen molar-refractivity contribution in [3.63, 3.8) is 0 Å². The van der Waals surface area contributed by atoms with Gasteiger partial charge in [0.05, 0.1) is 13.2 Å². The third kappa shape index (κ3) is 16.2. The van der Waals surface area contributed by atoms with Crippen LogP contribution in [-0.4, -0.2) is 68.8 Å². The number of cyclic esters (lactones) is 2. The molecule has 2 fully saturated rings. The number of ether oxygens (including phenoxy) is 5. The number of amides is 1. The zero-order chi connectivity index (χ0) is 41.9. The van der Waals surface area contributed by atoms with Crippen molar-refractivity contribution in [1.29, 1.82) is 0 Å². The first-order valence-electron chi connectivity index (χ1n) is 21.3. The van der Waals surface area contributed by atoms with Gasteiger partial charge in [0, 0.05) is 25.0 Å². The van der Waals surface area contributed by atoms with Crippen LogP contribution in [0.4, 0.5) is 4.79 Å². The zero-order valence-electron chi connectivity index (χ0n) is 35.6. The van der Waals surface area contributed by atoms with Gasteiger partial charge in [0.25, 0.3) is 0 Å². The van der Waals surface area contributed by atoms with Crippen LogP contribution in [-0.2, 0) is 52.7 Å². The fourth-order valence-electron chi connectivity index (χ4n) is 7.68. The van der Waals surface area contributed by atoms with E-state index in [9.17, 15) is 14.4 Å². The molecule has 0 aromatic heterocycles. The van der Waals surface area contributed by atoms with Gasteiger partial charge in [-0.25, -0.2) is 9.59 Å². The topological polar surface area (TPSA) is 135 Å². The van der Waals surface area contributed by atoms with Crippen LogP contribution in [0.3, 0.4) is 0 Å². The number of hydrogen-bond donors (Lipinski definition) is 2. The summed E-state index contributed by atoms with van der Waals surface area (Å²) >= 11 is 0. The molecule has 5 rings (SSSR count). The highest BCUT2D eigenvalue weighted by atomic mass is 16.6. The molecule has 318 valence electrons. The van der Waals surface area contributed by atoms with Crippen LogP contribution in [0, 0.1) is 35.5 Å². The van der Waals surface area contributed by atoms with Crippen molar-refractivity contribution in [1.82, 2.24) is 5.32 Å². The SMILES string of the molecule is CC(C)CC[C@H]1COC[C@H](N)C(=O)O[C@@H](C)[C@@H]1Cc1ccccc1.CC(C)CC[C@H]1COC[C@H](NC(=O)OCc2ccccc2)C(=O)O[C@@H](C)[C@@H]1Cc1ccccc1. The summed E-state index contributed by atoms with van der Waals surface area (Å²) in [6.45, 7) is 14.4. The second kappa shape index (κ2) is 24.6. The summed E-state index contributed by atoms with van der Waals surface area (Å²) in [5.41, 5.74) is 9.20. The van der Waals surface area contributed by atoms with Gasteiger partial charge in [-0.15, -0.1) is 0 Å². The molecule has 8 atom stereocenters. The van der Waals surface area contributed by atoms with Gasteiger partial charge in [0.2, 0.25) is 0 Å². The van der Waals surface area contributed by atoms with Crippen LogP contribution < -0.4 is 11.1 Å². The van der Waals surface area contributed by atoms with Crippen LogP contribution in [0.1, 0.15) is 83.9 Å². The van der Waals surface area contributed by atoms with Crippen LogP contribution in [0.25, 0.3) is 0 Å². The number of carbonyl (C=O) groups excluding carboxylic acids is 3. The first-order chi connectivity index (χ1) is 27.9. The number of nitrogens with one attached hydrogen (secondary N) is 1. The molecule has 0 radical (unpaired) electrons. The number of hydrogen-bond acceptors (Lipinski definition) is 9. The monoisotopic (exact) mass is 800 g/mol. The summed E-state index contributed by atoms with van der Waals surface area (Å²) < 4.78 is 28.6. The molecule has 2 aliphatic heterocycles. The van der Waals surface area contributed by atoms with E-state index in [4.69, 9.17) is 29.4 Å². The Morgan fingerprint density at radius 1 is 0.655 bits per heavy atom. The van der Waals surface area contributed by atoms with E-state index in [0.29, 0.717) is 31.0 Å². The van der Waals surface area contributed by atoms with E-state index in [1.807, 2.05) is 68.4 Å². The maximum atomic E-state index is 12.9. The molecule has 3 aromatic rings. The van der Waals surface area contributed by atoms with E-state index in [2.05, 4.69) is 69.4 Å². The Hall–Kier alpha value is -4.25. The highest BCUT2D eigenvalue weighted by Gasteiger charge is 2.36. The van der Waals surface area contributed by atoms with Crippen LogP contribution in [0.15, 0.2) is 91.0 Å². The summed E-state index contributed by atoms with van der Waals surface area (Å²) in [4.78, 5) is 37.4. The molecule has 58 heavy (non-hydrogen) atoms. The lowest BCUT2D eigenvalue weighted by molar-refractivity contribution is -0.154. The molecular weight excluding hydrogens is 733 g/mol. The Morgan fingerprint density at radius 3 is 1.55 bits per heavy atom. The molecule has 2 aliphatic rings. The van der Waals surface area contributed by atoms with E-state index in [1.165, 1.54) is 11.1 Å². The van der Waals surface area contributed by atoms with E-state index in [0.717, 1.165) is 44.1 Å². The molecule has 3 aromatic carbocycles. The number of esters is 2. The Bertz CT molecular complexity index is 1620. The zero-order valence-corrected chi connectivity index (χ0v) is 35.6. The smallest absolute Gasteiger partial charge is 0.408 e. The summed E-state index contributed by atoms with van der Waals surface area (Å²) in [5.74, 6) is 1.34. The molecule has 0 unspecified atom stereocenters. The molecule has 3 N–H and O–H groups in total. The predicted octanol–water partition coefficient (Wildman–Crippen LogP) is 8.34. The van der Waals surface area contributed by atoms with Gasteiger partial charge >= 0.3 is 18.0 Å². The van der Waals surface area contributed by atoms with Gasteiger partial charge in [-0.2, -0.15) is 0 Å². The summed E-state index contributed by atoms with van der Waals surface area (Å²) in [5, 5.41) is 2.62. The Morgan fingerprint density at radius 2 is 1.09 bits per heavy atom. The Labute approximate surface area is 346 Å². The number of alkyl carbamates (subject to hydrolysis) is 1. The van der Waals surface area contributed by atoms with Crippen molar-refractivity contribution in [2.75, 3.05) is 26.4 Å². The third-order valence-corrected chi connectivity index (χ3v) is 11.2. The predicted molar refractivity (Wildman–Crippen MR) is 227 cm³/mol. The lowest BCUT2D eigenvalue weighted by Crippen LogP contribution is -2.46.